The number of rotatable bonds is 9. The fraction of sp³-hybridized carbons (Fsp3) is 1.00. The fourth-order valence-corrected chi connectivity index (χ4v) is 2.64. The van der Waals surface area contributed by atoms with Gasteiger partial charge in [0.1, 0.15) is 0 Å². The van der Waals surface area contributed by atoms with Crippen molar-refractivity contribution in [1.82, 2.24) is 9.80 Å². The summed E-state index contributed by atoms with van der Waals surface area (Å²) in [6.07, 6.45) is 0. The van der Waals surface area contributed by atoms with Crippen molar-refractivity contribution in [2.75, 3.05) is 59.1 Å². The van der Waals surface area contributed by atoms with Gasteiger partial charge in [-0.3, -0.25) is 9.80 Å². The first-order valence-electron chi connectivity index (χ1n) is 6.71. The molecule has 1 heterocycles. The number of hydrogen-bond donors (Lipinski definition) is 1. The van der Waals surface area contributed by atoms with E-state index in [4.69, 9.17) is 9.84 Å². The van der Waals surface area contributed by atoms with Crippen LogP contribution in [0.2, 0.25) is 0 Å². The number of nitrogens with zero attached hydrogens (tertiary/aromatic N) is 3. The summed E-state index contributed by atoms with van der Waals surface area (Å²) in [5.41, 5.74) is 0. The smallest absolute Gasteiger partial charge is 0.0698 e. The zero-order valence-corrected chi connectivity index (χ0v) is 12.7. The minimum absolute atomic E-state index is 0.0886. The normalized spacial score (nSPS) is 18.7. The van der Waals surface area contributed by atoms with Crippen molar-refractivity contribution in [2.45, 2.75) is 18.6 Å². The van der Waals surface area contributed by atoms with Gasteiger partial charge < -0.3 is 9.84 Å². The number of piperazine rings is 1. The highest BCUT2D eigenvalue weighted by Crippen LogP contribution is 2.26. The van der Waals surface area contributed by atoms with Crippen molar-refractivity contribution in [3.05, 3.63) is 4.91 Å². The summed E-state index contributed by atoms with van der Waals surface area (Å²) in [5.74, 6) is 0. The van der Waals surface area contributed by atoms with Crippen LogP contribution in [0.5, 0.6) is 0 Å². The van der Waals surface area contributed by atoms with E-state index >= 15 is 0 Å². The van der Waals surface area contributed by atoms with E-state index < -0.39 is 0 Å². The van der Waals surface area contributed by atoms with Crippen LogP contribution in [0.1, 0.15) is 13.8 Å². The third-order valence-corrected chi connectivity index (χ3v) is 3.84. The lowest BCUT2D eigenvalue weighted by Gasteiger charge is -2.37. The predicted octanol–water partition coefficient (Wildman–Crippen LogP) is 0.806. The topological polar surface area (TPSA) is 65.4 Å². The minimum atomic E-state index is -0.117. The van der Waals surface area contributed by atoms with Gasteiger partial charge in [0.15, 0.2) is 0 Å². The van der Waals surface area contributed by atoms with Gasteiger partial charge in [-0.15, -0.1) is 4.91 Å². The maximum Gasteiger partial charge on any atom is 0.0698 e. The van der Waals surface area contributed by atoms with Crippen molar-refractivity contribution in [2.24, 2.45) is 4.58 Å². The molecule has 0 unspecified atom stereocenters. The quantitative estimate of drug-likeness (QED) is 0.385. The van der Waals surface area contributed by atoms with E-state index in [9.17, 15) is 4.91 Å². The predicted molar refractivity (Wildman–Crippen MR) is 78.2 cm³/mol. The van der Waals surface area contributed by atoms with Crippen LogP contribution >= 0.6 is 11.9 Å². The zero-order chi connectivity index (χ0) is 14.1. The van der Waals surface area contributed by atoms with Gasteiger partial charge in [-0.2, -0.15) is 0 Å². The number of nitroso groups, excluding NO2 is 1. The van der Waals surface area contributed by atoms with E-state index in [1.807, 2.05) is 13.8 Å². The first-order valence-corrected chi connectivity index (χ1v) is 7.49. The average molecular weight is 291 g/mol. The summed E-state index contributed by atoms with van der Waals surface area (Å²) < 4.78 is 8.09. The Morgan fingerprint density at radius 2 is 1.84 bits per heavy atom. The van der Waals surface area contributed by atoms with Crippen LogP contribution in [0, 0.1) is 4.91 Å². The monoisotopic (exact) mass is 291 g/mol. The molecule has 0 atom stereocenters. The lowest BCUT2D eigenvalue weighted by molar-refractivity contribution is 0.0565. The molecule has 0 spiro atoms. The van der Waals surface area contributed by atoms with Crippen LogP contribution in [0.15, 0.2) is 4.58 Å². The van der Waals surface area contributed by atoms with Crippen molar-refractivity contribution < 1.29 is 9.84 Å². The van der Waals surface area contributed by atoms with E-state index in [0.29, 0.717) is 13.2 Å². The molecule has 1 N–H and O–H groups in total. The Balaban J connectivity index is 2.16. The maximum absolute atomic E-state index is 10.3. The highest BCUT2D eigenvalue weighted by Gasteiger charge is 2.26. The van der Waals surface area contributed by atoms with Crippen molar-refractivity contribution in [1.29, 1.82) is 0 Å². The van der Waals surface area contributed by atoms with E-state index in [0.717, 1.165) is 51.2 Å². The molecule has 1 rings (SSSR count). The van der Waals surface area contributed by atoms with Gasteiger partial charge in [0.25, 0.3) is 0 Å². The van der Waals surface area contributed by atoms with Crippen LogP contribution in [-0.4, -0.2) is 78.7 Å². The van der Waals surface area contributed by atoms with Crippen molar-refractivity contribution in [3.63, 3.8) is 0 Å². The molecule has 6 nitrogen and oxygen atoms in total. The highest BCUT2D eigenvalue weighted by molar-refractivity contribution is 7.99. The lowest BCUT2D eigenvalue weighted by atomic mass is 10.1. The molecule has 0 radical (unpaired) electrons. The summed E-state index contributed by atoms with van der Waals surface area (Å²) >= 11 is 1.12. The molecule has 1 aliphatic heterocycles. The molecule has 1 aliphatic rings. The lowest BCUT2D eigenvalue weighted by Crippen LogP contribution is -2.50. The van der Waals surface area contributed by atoms with Crippen LogP contribution in [-0.2, 0) is 4.74 Å². The van der Waals surface area contributed by atoms with Gasteiger partial charge in [-0.1, -0.05) is 0 Å². The molecular formula is C12H25N3O3S. The average Bonchev–Trinajstić information content (AvgIpc) is 2.36. The summed E-state index contributed by atoms with van der Waals surface area (Å²) in [4.78, 5) is 15.1. The van der Waals surface area contributed by atoms with Gasteiger partial charge >= 0.3 is 0 Å². The van der Waals surface area contributed by atoms with E-state index in [1.165, 1.54) is 0 Å². The SMILES string of the molecule is CC(C)(CN1CCN(CCOCCO)CC1)SN=O. The first-order chi connectivity index (χ1) is 9.07. The molecule has 112 valence electrons. The molecule has 0 aromatic carbocycles. The third-order valence-electron chi connectivity index (χ3n) is 3.14. The molecule has 7 heteroatoms. The van der Waals surface area contributed by atoms with Crippen molar-refractivity contribution >= 4 is 11.9 Å². The van der Waals surface area contributed by atoms with Crippen molar-refractivity contribution in [3.8, 4) is 0 Å². The molecule has 0 aromatic rings. The zero-order valence-electron chi connectivity index (χ0n) is 11.9. The molecule has 0 aliphatic carbocycles. The summed E-state index contributed by atoms with van der Waals surface area (Å²) in [6.45, 7) is 11.2. The summed E-state index contributed by atoms with van der Waals surface area (Å²) in [7, 11) is 0. The number of hydrogen-bond acceptors (Lipinski definition) is 7. The van der Waals surface area contributed by atoms with Gasteiger partial charge in [-0.05, 0) is 13.8 Å². The number of ether oxygens (including phenoxy) is 1. The minimum Gasteiger partial charge on any atom is -0.394 e. The van der Waals surface area contributed by atoms with Gasteiger partial charge in [0.2, 0.25) is 0 Å². The van der Waals surface area contributed by atoms with E-state index in [-0.39, 0.29) is 11.4 Å². The Morgan fingerprint density at radius 3 is 2.42 bits per heavy atom. The molecular weight excluding hydrogens is 266 g/mol. The Bertz CT molecular complexity index is 259. The van der Waals surface area contributed by atoms with Crippen LogP contribution in [0.25, 0.3) is 0 Å². The second-order valence-electron chi connectivity index (χ2n) is 5.38. The second-order valence-corrected chi connectivity index (χ2v) is 6.82. The Hall–Kier alpha value is -0.210. The van der Waals surface area contributed by atoms with Crippen LogP contribution < -0.4 is 0 Å². The van der Waals surface area contributed by atoms with Gasteiger partial charge in [0.05, 0.1) is 19.8 Å². The molecule has 0 saturated carbocycles. The Labute approximate surface area is 119 Å². The van der Waals surface area contributed by atoms with E-state index in [1.54, 1.807) is 0 Å². The second kappa shape index (κ2) is 8.86. The Kier molecular flexibility index (Phi) is 7.86. The fourth-order valence-electron chi connectivity index (χ4n) is 2.20. The van der Waals surface area contributed by atoms with Gasteiger partial charge in [0, 0.05) is 60.5 Å². The first kappa shape index (κ1) is 16.8. The van der Waals surface area contributed by atoms with Gasteiger partial charge in [-0.25, -0.2) is 0 Å². The molecule has 1 fully saturated rings. The molecule has 1 saturated heterocycles. The molecule has 0 aromatic heterocycles. The molecule has 0 bridgehead atoms. The number of aliphatic hydroxyl groups is 1. The van der Waals surface area contributed by atoms with E-state index in [2.05, 4.69) is 14.4 Å². The third kappa shape index (κ3) is 7.22. The standard InChI is InChI=1S/C12H25N3O3S/c1-12(2,19-13-17)11-15-5-3-14(4-6-15)7-9-18-10-8-16/h16H,3-11H2,1-2H3. The maximum atomic E-state index is 10.3. The van der Waals surface area contributed by atoms with Crippen LogP contribution in [0.3, 0.4) is 0 Å². The highest BCUT2D eigenvalue weighted by atomic mass is 32.2. The molecule has 19 heavy (non-hydrogen) atoms. The van der Waals surface area contributed by atoms with Crippen LogP contribution in [0.4, 0.5) is 0 Å². The summed E-state index contributed by atoms with van der Waals surface area (Å²) in [6, 6.07) is 0. The largest absolute Gasteiger partial charge is 0.394 e. The summed E-state index contributed by atoms with van der Waals surface area (Å²) in [5, 5.41) is 8.61. The molecule has 0 amide bonds. The number of aliphatic hydroxyl groups excluding tert-OH is 1. The Morgan fingerprint density at radius 1 is 1.21 bits per heavy atom.